The van der Waals surface area contributed by atoms with Crippen molar-refractivity contribution in [2.24, 2.45) is 0 Å². The van der Waals surface area contributed by atoms with E-state index >= 15 is 0 Å². The number of piperazine rings is 1. The number of ether oxygens (including phenoxy) is 1. The zero-order valence-corrected chi connectivity index (χ0v) is 13.8. The molecule has 0 radical (unpaired) electrons. The Morgan fingerprint density at radius 2 is 1.64 bits per heavy atom. The van der Waals surface area contributed by atoms with E-state index in [-0.39, 0.29) is 0 Å². The maximum Gasteiger partial charge on any atom is 0.320 e. The smallest absolute Gasteiger partial charge is 0.320 e. The van der Waals surface area contributed by atoms with E-state index in [4.69, 9.17) is 4.74 Å². The SMILES string of the molecule is CCCC(C(=O)O)N1CCN(S(=O)(=O)N2CCOCC2)CC1. The molecule has 0 saturated carbocycles. The summed E-state index contributed by atoms with van der Waals surface area (Å²) in [5.74, 6) is -0.827. The van der Waals surface area contributed by atoms with E-state index in [1.54, 1.807) is 0 Å². The minimum Gasteiger partial charge on any atom is -0.480 e. The first-order valence-corrected chi connectivity index (χ1v) is 9.16. The fraction of sp³-hybridized carbons (Fsp3) is 0.923. The molecule has 1 unspecified atom stereocenters. The van der Waals surface area contributed by atoms with Crippen LogP contribution in [0.3, 0.4) is 0 Å². The Morgan fingerprint density at radius 3 is 2.14 bits per heavy atom. The second-order valence-corrected chi connectivity index (χ2v) is 7.53. The van der Waals surface area contributed by atoms with Gasteiger partial charge in [-0.05, 0) is 6.42 Å². The van der Waals surface area contributed by atoms with Crippen molar-refractivity contribution in [1.82, 2.24) is 13.5 Å². The fourth-order valence-corrected chi connectivity index (χ4v) is 4.48. The number of aliphatic carboxylic acids is 1. The highest BCUT2D eigenvalue weighted by Gasteiger charge is 2.35. The average molecular weight is 335 g/mol. The van der Waals surface area contributed by atoms with Gasteiger partial charge in [0.2, 0.25) is 0 Å². The first kappa shape index (κ1) is 17.6. The van der Waals surface area contributed by atoms with Crippen LogP contribution < -0.4 is 0 Å². The van der Waals surface area contributed by atoms with Crippen LogP contribution in [0.1, 0.15) is 19.8 Å². The van der Waals surface area contributed by atoms with Crippen LogP contribution in [0.25, 0.3) is 0 Å². The van der Waals surface area contributed by atoms with Gasteiger partial charge in [0.15, 0.2) is 0 Å². The summed E-state index contributed by atoms with van der Waals surface area (Å²) in [4.78, 5) is 13.2. The van der Waals surface area contributed by atoms with Crippen LogP contribution in [0.15, 0.2) is 0 Å². The molecule has 2 heterocycles. The molecule has 128 valence electrons. The predicted octanol–water partition coefficient (Wildman–Crippen LogP) is -0.566. The number of morpholine rings is 1. The first-order chi connectivity index (χ1) is 10.5. The highest BCUT2D eigenvalue weighted by molar-refractivity contribution is 7.86. The van der Waals surface area contributed by atoms with Crippen molar-refractivity contribution in [2.45, 2.75) is 25.8 Å². The van der Waals surface area contributed by atoms with Crippen molar-refractivity contribution in [3.8, 4) is 0 Å². The molecule has 2 aliphatic rings. The van der Waals surface area contributed by atoms with Crippen molar-refractivity contribution in [3.63, 3.8) is 0 Å². The van der Waals surface area contributed by atoms with Crippen LogP contribution in [-0.2, 0) is 19.7 Å². The lowest BCUT2D eigenvalue weighted by Crippen LogP contribution is -2.57. The summed E-state index contributed by atoms with van der Waals surface area (Å²) >= 11 is 0. The Labute approximate surface area is 131 Å². The van der Waals surface area contributed by atoms with E-state index in [1.165, 1.54) is 8.61 Å². The molecule has 2 saturated heterocycles. The average Bonchev–Trinajstić information content (AvgIpc) is 2.53. The van der Waals surface area contributed by atoms with Gasteiger partial charge in [0.05, 0.1) is 13.2 Å². The lowest BCUT2D eigenvalue weighted by atomic mass is 10.1. The fourth-order valence-electron chi connectivity index (χ4n) is 2.92. The number of carboxylic acid groups (broad SMARTS) is 1. The number of carbonyl (C=O) groups is 1. The van der Waals surface area contributed by atoms with E-state index in [9.17, 15) is 18.3 Å². The summed E-state index contributed by atoms with van der Waals surface area (Å²) < 4.78 is 33.2. The molecule has 0 aliphatic carbocycles. The van der Waals surface area contributed by atoms with Crippen LogP contribution in [0.2, 0.25) is 0 Å². The van der Waals surface area contributed by atoms with E-state index in [0.29, 0.717) is 58.9 Å². The third kappa shape index (κ3) is 3.96. The van der Waals surface area contributed by atoms with Gasteiger partial charge in [0.25, 0.3) is 10.2 Å². The molecule has 8 nitrogen and oxygen atoms in total. The Morgan fingerprint density at radius 1 is 1.09 bits per heavy atom. The molecule has 9 heteroatoms. The molecule has 0 aromatic heterocycles. The van der Waals surface area contributed by atoms with Crippen molar-refractivity contribution >= 4 is 16.2 Å². The molecule has 1 atom stereocenters. The van der Waals surface area contributed by atoms with Crippen LogP contribution >= 0.6 is 0 Å². The van der Waals surface area contributed by atoms with Gasteiger partial charge in [0, 0.05) is 39.3 Å². The van der Waals surface area contributed by atoms with Gasteiger partial charge in [-0.1, -0.05) is 13.3 Å². The Hall–Kier alpha value is -0.740. The number of hydrogen-bond acceptors (Lipinski definition) is 5. The number of hydrogen-bond donors (Lipinski definition) is 1. The van der Waals surface area contributed by atoms with Crippen molar-refractivity contribution in [2.75, 3.05) is 52.5 Å². The normalized spacial score (nSPS) is 24.2. The van der Waals surface area contributed by atoms with E-state index in [2.05, 4.69) is 0 Å². The van der Waals surface area contributed by atoms with Gasteiger partial charge >= 0.3 is 5.97 Å². The molecule has 0 bridgehead atoms. The summed E-state index contributed by atoms with van der Waals surface area (Å²) in [6, 6.07) is -0.516. The van der Waals surface area contributed by atoms with Crippen molar-refractivity contribution < 1.29 is 23.1 Å². The Balaban J connectivity index is 1.94. The molecule has 2 fully saturated rings. The summed E-state index contributed by atoms with van der Waals surface area (Å²) in [7, 11) is -3.45. The van der Waals surface area contributed by atoms with E-state index < -0.39 is 22.2 Å². The van der Waals surface area contributed by atoms with Crippen molar-refractivity contribution in [3.05, 3.63) is 0 Å². The third-order valence-electron chi connectivity index (χ3n) is 4.18. The summed E-state index contributed by atoms with van der Waals surface area (Å²) in [6.07, 6.45) is 1.38. The van der Waals surface area contributed by atoms with Gasteiger partial charge in [-0.2, -0.15) is 17.0 Å². The van der Waals surface area contributed by atoms with Crippen LogP contribution in [0.4, 0.5) is 0 Å². The van der Waals surface area contributed by atoms with Gasteiger partial charge in [-0.25, -0.2) is 0 Å². The molecule has 22 heavy (non-hydrogen) atoms. The molecular weight excluding hydrogens is 310 g/mol. The van der Waals surface area contributed by atoms with Crippen LogP contribution in [0, 0.1) is 0 Å². The summed E-state index contributed by atoms with van der Waals surface area (Å²) in [5, 5.41) is 9.29. The van der Waals surface area contributed by atoms with Crippen molar-refractivity contribution in [1.29, 1.82) is 0 Å². The minimum atomic E-state index is -3.45. The Bertz CT molecular complexity index is 470. The van der Waals surface area contributed by atoms with Crippen LogP contribution in [0.5, 0.6) is 0 Å². The number of nitrogens with zero attached hydrogens (tertiary/aromatic N) is 3. The highest BCUT2D eigenvalue weighted by atomic mass is 32.2. The predicted molar refractivity (Wildman–Crippen MR) is 80.8 cm³/mol. The van der Waals surface area contributed by atoms with Gasteiger partial charge in [-0.3, -0.25) is 9.69 Å². The lowest BCUT2D eigenvalue weighted by Gasteiger charge is -2.39. The van der Waals surface area contributed by atoms with Gasteiger partial charge in [0.1, 0.15) is 6.04 Å². The van der Waals surface area contributed by atoms with E-state index in [0.717, 1.165) is 6.42 Å². The van der Waals surface area contributed by atoms with Crippen LogP contribution in [-0.4, -0.2) is 91.5 Å². The standard InChI is InChI=1S/C13H25N3O5S/c1-2-3-12(13(17)18)14-4-6-15(7-5-14)22(19,20)16-8-10-21-11-9-16/h12H,2-11H2,1H3,(H,17,18). The molecule has 2 rings (SSSR count). The zero-order valence-electron chi connectivity index (χ0n) is 13.0. The molecule has 0 spiro atoms. The van der Waals surface area contributed by atoms with E-state index in [1.807, 2.05) is 11.8 Å². The largest absolute Gasteiger partial charge is 0.480 e. The zero-order chi connectivity index (χ0) is 16.2. The highest BCUT2D eigenvalue weighted by Crippen LogP contribution is 2.17. The third-order valence-corrected chi connectivity index (χ3v) is 6.22. The lowest BCUT2D eigenvalue weighted by molar-refractivity contribution is -0.144. The quantitative estimate of drug-likeness (QED) is 0.699. The molecule has 1 N–H and O–H groups in total. The second-order valence-electron chi connectivity index (χ2n) is 5.60. The molecule has 0 aromatic carbocycles. The minimum absolute atomic E-state index is 0.340. The monoisotopic (exact) mass is 335 g/mol. The molecular formula is C13H25N3O5S. The topological polar surface area (TPSA) is 90.4 Å². The molecule has 0 amide bonds. The molecule has 2 aliphatic heterocycles. The number of rotatable bonds is 6. The maximum absolute atomic E-state index is 12.5. The first-order valence-electron chi connectivity index (χ1n) is 7.76. The maximum atomic E-state index is 12.5. The molecule has 0 aromatic rings. The summed E-state index contributed by atoms with van der Waals surface area (Å²) in [5.41, 5.74) is 0. The van der Waals surface area contributed by atoms with Gasteiger partial charge in [-0.15, -0.1) is 0 Å². The second kappa shape index (κ2) is 7.69. The Kier molecular flexibility index (Phi) is 6.16. The van der Waals surface area contributed by atoms with Gasteiger partial charge < -0.3 is 9.84 Å². The summed E-state index contributed by atoms with van der Waals surface area (Å²) in [6.45, 7) is 5.18. The number of carboxylic acids is 1.